The molecule has 7 nitrogen and oxygen atoms in total. The third kappa shape index (κ3) is 7.65. The first-order valence-electron chi connectivity index (χ1n) is 11.6. The van der Waals surface area contributed by atoms with Gasteiger partial charge in [0.1, 0.15) is 10.3 Å². The Labute approximate surface area is 211 Å². The number of halogens is 2. The summed E-state index contributed by atoms with van der Waals surface area (Å²) in [5.74, 6) is 0. The number of imidazole rings is 2. The van der Waals surface area contributed by atoms with Crippen molar-refractivity contribution in [2.24, 2.45) is 5.73 Å². The van der Waals surface area contributed by atoms with Crippen LogP contribution in [0.5, 0.6) is 0 Å². The Kier molecular flexibility index (Phi) is 10.5. The van der Waals surface area contributed by atoms with Gasteiger partial charge < -0.3 is 14.9 Å². The molecule has 0 aliphatic heterocycles. The monoisotopic (exact) mass is 499 g/mol. The van der Waals surface area contributed by atoms with Gasteiger partial charge >= 0.3 is 0 Å². The van der Waals surface area contributed by atoms with Crippen LogP contribution in [0.4, 0.5) is 0 Å². The van der Waals surface area contributed by atoms with Crippen molar-refractivity contribution in [1.29, 1.82) is 0 Å². The second-order valence-corrected chi connectivity index (χ2v) is 8.60. The maximum atomic E-state index is 6.03. The molecule has 0 saturated carbocycles. The van der Waals surface area contributed by atoms with Gasteiger partial charge in [0.2, 0.25) is 0 Å². The molecule has 0 radical (unpaired) electrons. The summed E-state index contributed by atoms with van der Waals surface area (Å²) in [6.07, 6.45) is 16.8. The molecule has 0 aromatic carbocycles. The second kappa shape index (κ2) is 13.8. The van der Waals surface area contributed by atoms with Gasteiger partial charge in [0.25, 0.3) is 0 Å². The molecule has 0 aliphatic carbocycles. The molecular formula is C25H31Cl2N7. The molecule has 0 spiro atoms. The fourth-order valence-electron chi connectivity index (χ4n) is 3.38. The van der Waals surface area contributed by atoms with Crippen molar-refractivity contribution in [2.75, 3.05) is 6.54 Å². The first kappa shape index (κ1) is 25.9. The molecule has 9 heteroatoms. The smallest absolute Gasteiger partial charge is 0.138 e. The fraction of sp³-hybridized carbons (Fsp3) is 0.360. The van der Waals surface area contributed by atoms with Gasteiger partial charge in [0, 0.05) is 49.0 Å². The zero-order valence-electron chi connectivity index (χ0n) is 19.4. The zero-order valence-corrected chi connectivity index (χ0v) is 21.0. The molecule has 4 heterocycles. The second-order valence-electron chi connectivity index (χ2n) is 7.88. The van der Waals surface area contributed by atoms with E-state index in [1.165, 1.54) is 19.3 Å². The van der Waals surface area contributed by atoms with E-state index < -0.39 is 0 Å². The molecule has 4 aromatic rings. The molecule has 4 aromatic heterocycles. The van der Waals surface area contributed by atoms with Gasteiger partial charge in [0.15, 0.2) is 0 Å². The van der Waals surface area contributed by atoms with E-state index in [1.54, 1.807) is 12.4 Å². The maximum absolute atomic E-state index is 6.03. The predicted molar refractivity (Wildman–Crippen MR) is 139 cm³/mol. The summed E-state index contributed by atoms with van der Waals surface area (Å²) in [5, 5.41) is 0.992. The number of nitrogens with two attached hydrogens (primary N) is 1. The molecular weight excluding hydrogens is 469 g/mol. The third-order valence-corrected chi connectivity index (χ3v) is 5.83. The van der Waals surface area contributed by atoms with Crippen LogP contribution in [0, 0.1) is 0 Å². The zero-order chi connectivity index (χ0) is 24.2. The van der Waals surface area contributed by atoms with E-state index in [0.717, 1.165) is 55.0 Å². The Morgan fingerprint density at radius 3 is 1.68 bits per heavy atom. The number of unbranched alkanes of at least 4 members (excludes halogenated alkanes) is 3. The highest BCUT2D eigenvalue weighted by atomic mass is 35.5. The van der Waals surface area contributed by atoms with Gasteiger partial charge in [-0.05, 0) is 50.1 Å². The van der Waals surface area contributed by atoms with Gasteiger partial charge in [0.05, 0.1) is 24.0 Å². The van der Waals surface area contributed by atoms with Crippen LogP contribution in [0.1, 0.15) is 39.0 Å². The highest BCUT2D eigenvalue weighted by Crippen LogP contribution is 2.24. The van der Waals surface area contributed by atoms with Gasteiger partial charge in [-0.25, -0.2) is 19.9 Å². The number of rotatable bonds is 10. The summed E-state index contributed by atoms with van der Waals surface area (Å²) in [6, 6.07) is 7.59. The number of aryl methyl sites for hydroxylation is 2. The standard InChI is InChI=1S/C13H16ClN3.C12H15ClN4/c1-2-3-4-8-17-9-12(16-10-17)11-6-5-7-15-13(11)14;13-12-10(4-3-6-15-12)11-8-17(9-16-11)7-2-1-5-14/h5-7,9-10H,2-4,8H2,1H3;3-4,6,8-9H,1-2,5,7,14H2. The van der Waals surface area contributed by atoms with Gasteiger partial charge in [-0.2, -0.15) is 0 Å². The van der Waals surface area contributed by atoms with E-state index in [4.69, 9.17) is 28.9 Å². The largest absolute Gasteiger partial charge is 0.337 e. The highest BCUT2D eigenvalue weighted by Gasteiger charge is 2.07. The van der Waals surface area contributed by atoms with Crippen LogP contribution in [0.15, 0.2) is 61.7 Å². The first-order valence-corrected chi connectivity index (χ1v) is 12.3. The predicted octanol–water partition coefficient (Wildman–Crippen LogP) is 6.13. The molecule has 0 amide bonds. The van der Waals surface area contributed by atoms with Crippen LogP contribution in [-0.2, 0) is 13.1 Å². The van der Waals surface area contributed by atoms with E-state index in [1.807, 2.05) is 53.9 Å². The minimum atomic E-state index is 0.486. The summed E-state index contributed by atoms with van der Waals surface area (Å²) in [5.41, 5.74) is 8.96. The SMILES string of the molecule is CCCCCn1cnc(-c2cccnc2Cl)c1.NCCCCn1cnc(-c2cccnc2Cl)c1. The van der Waals surface area contributed by atoms with Crippen molar-refractivity contribution in [3.8, 4) is 22.5 Å². The minimum absolute atomic E-state index is 0.486. The van der Waals surface area contributed by atoms with Crippen LogP contribution in [0.25, 0.3) is 22.5 Å². The fourth-order valence-corrected chi connectivity index (χ4v) is 3.81. The number of aromatic nitrogens is 6. The number of hydrogen-bond acceptors (Lipinski definition) is 5. The first-order chi connectivity index (χ1) is 16.6. The molecule has 0 saturated heterocycles. The molecule has 0 atom stereocenters. The van der Waals surface area contributed by atoms with Crippen LogP contribution in [-0.4, -0.2) is 35.6 Å². The van der Waals surface area contributed by atoms with Crippen molar-refractivity contribution in [3.05, 3.63) is 72.0 Å². The average molecular weight is 500 g/mol. The van der Waals surface area contributed by atoms with Gasteiger partial charge in [-0.15, -0.1) is 0 Å². The molecule has 34 heavy (non-hydrogen) atoms. The van der Waals surface area contributed by atoms with Crippen molar-refractivity contribution >= 4 is 23.2 Å². The minimum Gasteiger partial charge on any atom is -0.337 e. The van der Waals surface area contributed by atoms with E-state index in [0.29, 0.717) is 10.3 Å². The van der Waals surface area contributed by atoms with E-state index in [2.05, 4.69) is 31.4 Å². The molecule has 180 valence electrons. The van der Waals surface area contributed by atoms with Crippen molar-refractivity contribution in [3.63, 3.8) is 0 Å². The van der Waals surface area contributed by atoms with Gasteiger partial charge in [-0.1, -0.05) is 43.0 Å². The van der Waals surface area contributed by atoms with Crippen LogP contribution >= 0.6 is 23.2 Å². The molecule has 0 unspecified atom stereocenters. The Morgan fingerprint density at radius 2 is 1.24 bits per heavy atom. The van der Waals surface area contributed by atoms with Gasteiger partial charge in [-0.3, -0.25) is 0 Å². The van der Waals surface area contributed by atoms with Crippen LogP contribution < -0.4 is 5.73 Å². The molecule has 2 N–H and O–H groups in total. The van der Waals surface area contributed by atoms with Crippen molar-refractivity contribution in [1.82, 2.24) is 29.1 Å². The summed E-state index contributed by atoms with van der Waals surface area (Å²) in [4.78, 5) is 16.8. The highest BCUT2D eigenvalue weighted by molar-refractivity contribution is 6.32. The lowest BCUT2D eigenvalue weighted by atomic mass is 10.2. The summed E-state index contributed by atoms with van der Waals surface area (Å²) in [7, 11) is 0. The number of hydrogen-bond donors (Lipinski definition) is 1. The Bertz CT molecular complexity index is 1050. The number of pyridine rings is 2. The van der Waals surface area contributed by atoms with Crippen molar-refractivity contribution < 1.29 is 0 Å². The van der Waals surface area contributed by atoms with Crippen LogP contribution in [0.2, 0.25) is 10.3 Å². The van der Waals surface area contributed by atoms with E-state index in [9.17, 15) is 0 Å². The average Bonchev–Trinajstić information content (AvgIpc) is 3.51. The molecule has 0 aliphatic rings. The summed E-state index contributed by atoms with van der Waals surface area (Å²) >= 11 is 12.1. The van der Waals surface area contributed by atoms with E-state index >= 15 is 0 Å². The third-order valence-electron chi connectivity index (χ3n) is 5.23. The topological polar surface area (TPSA) is 87.4 Å². The maximum Gasteiger partial charge on any atom is 0.138 e. The Morgan fingerprint density at radius 1 is 0.735 bits per heavy atom. The molecule has 0 fully saturated rings. The lowest BCUT2D eigenvalue weighted by molar-refractivity contribution is 0.602. The van der Waals surface area contributed by atoms with Crippen LogP contribution in [0.3, 0.4) is 0 Å². The quantitative estimate of drug-likeness (QED) is 0.209. The lowest BCUT2D eigenvalue weighted by Crippen LogP contribution is -2.01. The summed E-state index contributed by atoms with van der Waals surface area (Å²) < 4.78 is 4.16. The normalized spacial score (nSPS) is 10.7. The van der Waals surface area contributed by atoms with Crippen molar-refractivity contribution in [2.45, 2.75) is 52.1 Å². The number of nitrogens with zero attached hydrogens (tertiary/aromatic N) is 6. The van der Waals surface area contributed by atoms with E-state index in [-0.39, 0.29) is 0 Å². The Hall–Kier alpha value is -2.74. The molecule has 0 bridgehead atoms. The summed E-state index contributed by atoms with van der Waals surface area (Å²) in [6.45, 7) is 4.88. The molecule has 4 rings (SSSR count). The Balaban J connectivity index is 0.000000191. The lowest BCUT2D eigenvalue weighted by Gasteiger charge is -2.00.